The molecule has 0 saturated carbocycles. The fourth-order valence-electron chi connectivity index (χ4n) is 1.36. The number of benzene rings is 1. The summed E-state index contributed by atoms with van der Waals surface area (Å²) in [5.41, 5.74) is 0.858. The van der Waals surface area contributed by atoms with Gasteiger partial charge >= 0.3 is 0 Å². The van der Waals surface area contributed by atoms with Crippen LogP contribution in [0.4, 0.5) is 4.39 Å². The van der Waals surface area contributed by atoms with Gasteiger partial charge in [-0.05, 0) is 47.8 Å². The Morgan fingerprint density at radius 1 is 1.50 bits per heavy atom. The van der Waals surface area contributed by atoms with Gasteiger partial charge in [0.15, 0.2) is 5.76 Å². The first-order chi connectivity index (χ1) is 7.70. The van der Waals surface area contributed by atoms with E-state index in [2.05, 4.69) is 32.9 Å². The molecule has 0 atom stereocenters. The zero-order valence-corrected chi connectivity index (χ0v) is 10.8. The molecule has 0 fully saturated rings. The van der Waals surface area contributed by atoms with Crippen molar-refractivity contribution in [2.75, 3.05) is 7.05 Å². The molecule has 1 aromatic heterocycles. The maximum absolute atomic E-state index is 12.9. The summed E-state index contributed by atoms with van der Waals surface area (Å²) >= 11 is 2.08. The van der Waals surface area contributed by atoms with E-state index in [4.69, 9.17) is 4.42 Å². The lowest BCUT2D eigenvalue weighted by molar-refractivity contribution is 0.490. The second kappa shape index (κ2) is 4.92. The van der Waals surface area contributed by atoms with E-state index < -0.39 is 0 Å². The van der Waals surface area contributed by atoms with Crippen molar-refractivity contribution in [2.24, 2.45) is 0 Å². The van der Waals surface area contributed by atoms with Gasteiger partial charge in [0, 0.05) is 9.13 Å². The summed E-state index contributed by atoms with van der Waals surface area (Å²) in [5.74, 6) is 1.04. The lowest BCUT2D eigenvalue weighted by Gasteiger charge is -2.00. The van der Waals surface area contributed by atoms with Gasteiger partial charge in [0.2, 0.25) is 5.89 Å². The lowest BCUT2D eigenvalue weighted by atomic mass is 10.2. The summed E-state index contributed by atoms with van der Waals surface area (Å²) in [6.07, 6.45) is 1.65. The first kappa shape index (κ1) is 11.5. The predicted molar refractivity (Wildman–Crippen MR) is 67.4 cm³/mol. The van der Waals surface area contributed by atoms with Crippen LogP contribution in [0.25, 0.3) is 11.3 Å². The molecule has 5 heteroatoms. The molecule has 1 heterocycles. The SMILES string of the molecule is CNCc1ncc(-c2ccc(F)cc2I)o1. The van der Waals surface area contributed by atoms with E-state index in [0.29, 0.717) is 18.2 Å². The second-order valence-electron chi connectivity index (χ2n) is 3.27. The lowest BCUT2D eigenvalue weighted by Crippen LogP contribution is -2.04. The van der Waals surface area contributed by atoms with E-state index in [1.807, 2.05) is 7.05 Å². The van der Waals surface area contributed by atoms with Gasteiger partial charge in [0.05, 0.1) is 12.7 Å². The van der Waals surface area contributed by atoms with Crippen molar-refractivity contribution in [3.63, 3.8) is 0 Å². The van der Waals surface area contributed by atoms with Crippen molar-refractivity contribution in [1.29, 1.82) is 0 Å². The highest BCUT2D eigenvalue weighted by atomic mass is 127. The van der Waals surface area contributed by atoms with Crippen LogP contribution in [0.1, 0.15) is 5.89 Å². The molecule has 2 rings (SSSR count). The van der Waals surface area contributed by atoms with Crippen molar-refractivity contribution < 1.29 is 8.81 Å². The van der Waals surface area contributed by atoms with Crippen molar-refractivity contribution >= 4 is 22.6 Å². The van der Waals surface area contributed by atoms with Crippen LogP contribution in [-0.4, -0.2) is 12.0 Å². The Kier molecular flexibility index (Phi) is 3.55. The normalized spacial score (nSPS) is 10.7. The third-order valence-corrected chi connectivity index (χ3v) is 2.97. The molecule has 0 aliphatic heterocycles. The van der Waals surface area contributed by atoms with Crippen LogP contribution in [-0.2, 0) is 6.54 Å². The van der Waals surface area contributed by atoms with E-state index in [0.717, 1.165) is 9.13 Å². The Balaban J connectivity index is 2.35. The standard InChI is InChI=1S/C11H10FIN2O/c1-14-6-11-15-5-10(16-11)8-3-2-7(12)4-9(8)13/h2-5,14H,6H2,1H3. The molecule has 1 aromatic carbocycles. The van der Waals surface area contributed by atoms with E-state index >= 15 is 0 Å². The minimum atomic E-state index is -0.247. The number of hydrogen-bond donors (Lipinski definition) is 1. The highest BCUT2D eigenvalue weighted by molar-refractivity contribution is 14.1. The molecule has 0 radical (unpaired) electrons. The molecular formula is C11H10FIN2O. The Hall–Kier alpha value is -0.950. The second-order valence-corrected chi connectivity index (χ2v) is 4.43. The topological polar surface area (TPSA) is 38.1 Å². The summed E-state index contributed by atoms with van der Waals surface area (Å²) < 4.78 is 19.3. The molecule has 0 aliphatic rings. The van der Waals surface area contributed by atoms with Gasteiger partial charge in [0.1, 0.15) is 5.82 Å². The van der Waals surface area contributed by atoms with Crippen molar-refractivity contribution in [1.82, 2.24) is 10.3 Å². The van der Waals surface area contributed by atoms with E-state index in [1.54, 1.807) is 12.3 Å². The monoisotopic (exact) mass is 332 g/mol. The minimum Gasteiger partial charge on any atom is -0.439 e. The van der Waals surface area contributed by atoms with Crippen LogP contribution in [0.15, 0.2) is 28.8 Å². The van der Waals surface area contributed by atoms with Gasteiger partial charge in [-0.3, -0.25) is 0 Å². The van der Waals surface area contributed by atoms with Gasteiger partial charge in [-0.25, -0.2) is 9.37 Å². The van der Waals surface area contributed by atoms with Crippen LogP contribution >= 0.6 is 22.6 Å². The highest BCUT2D eigenvalue weighted by Crippen LogP contribution is 2.26. The third-order valence-electron chi connectivity index (χ3n) is 2.08. The molecule has 0 aliphatic carbocycles. The third kappa shape index (κ3) is 2.41. The van der Waals surface area contributed by atoms with Crippen LogP contribution in [0, 0.1) is 9.39 Å². The summed E-state index contributed by atoms with van der Waals surface area (Å²) in [5, 5.41) is 2.95. The fourth-order valence-corrected chi connectivity index (χ4v) is 2.10. The number of aromatic nitrogens is 1. The fraction of sp³-hybridized carbons (Fsp3) is 0.182. The van der Waals surface area contributed by atoms with Crippen molar-refractivity contribution in [3.8, 4) is 11.3 Å². The largest absolute Gasteiger partial charge is 0.439 e. The first-order valence-electron chi connectivity index (χ1n) is 4.75. The molecular weight excluding hydrogens is 322 g/mol. The smallest absolute Gasteiger partial charge is 0.208 e. The van der Waals surface area contributed by atoms with Crippen LogP contribution in [0.2, 0.25) is 0 Å². The zero-order valence-electron chi connectivity index (χ0n) is 8.63. The average molecular weight is 332 g/mol. The van der Waals surface area contributed by atoms with Crippen LogP contribution in [0.5, 0.6) is 0 Å². The van der Waals surface area contributed by atoms with Gasteiger partial charge in [-0.1, -0.05) is 0 Å². The molecule has 0 bridgehead atoms. The molecule has 0 unspecified atom stereocenters. The molecule has 0 saturated heterocycles. The summed E-state index contributed by atoms with van der Waals surface area (Å²) in [7, 11) is 1.82. The molecule has 0 spiro atoms. The molecule has 0 amide bonds. The summed E-state index contributed by atoms with van der Waals surface area (Å²) in [6, 6.07) is 4.58. The maximum atomic E-state index is 12.9. The van der Waals surface area contributed by atoms with Crippen molar-refractivity contribution in [3.05, 3.63) is 39.7 Å². The Bertz CT molecular complexity index is 498. The van der Waals surface area contributed by atoms with Crippen LogP contribution in [0.3, 0.4) is 0 Å². The zero-order chi connectivity index (χ0) is 11.5. The quantitative estimate of drug-likeness (QED) is 0.879. The van der Waals surface area contributed by atoms with Gasteiger partial charge in [0.25, 0.3) is 0 Å². The highest BCUT2D eigenvalue weighted by Gasteiger charge is 2.09. The predicted octanol–water partition coefficient (Wildman–Crippen LogP) is 2.80. The molecule has 84 valence electrons. The number of halogens is 2. The Morgan fingerprint density at radius 2 is 2.31 bits per heavy atom. The summed E-state index contributed by atoms with van der Waals surface area (Å²) in [6.45, 7) is 0.581. The summed E-state index contributed by atoms with van der Waals surface area (Å²) in [4.78, 5) is 4.12. The number of rotatable bonds is 3. The Morgan fingerprint density at radius 3 is 3.00 bits per heavy atom. The first-order valence-corrected chi connectivity index (χ1v) is 5.83. The number of hydrogen-bond acceptors (Lipinski definition) is 3. The molecule has 3 nitrogen and oxygen atoms in total. The van der Waals surface area contributed by atoms with E-state index in [1.165, 1.54) is 12.1 Å². The number of oxazole rings is 1. The van der Waals surface area contributed by atoms with E-state index in [-0.39, 0.29) is 5.82 Å². The average Bonchev–Trinajstić information content (AvgIpc) is 2.67. The van der Waals surface area contributed by atoms with E-state index in [9.17, 15) is 4.39 Å². The maximum Gasteiger partial charge on any atom is 0.208 e. The Labute approximate surface area is 106 Å². The number of nitrogens with zero attached hydrogens (tertiary/aromatic N) is 1. The minimum absolute atomic E-state index is 0.247. The number of nitrogens with one attached hydrogen (secondary N) is 1. The van der Waals surface area contributed by atoms with Gasteiger partial charge < -0.3 is 9.73 Å². The molecule has 1 N–H and O–H groups in total. The molecule has 2 aromatic rings. The van der Waals surface area contributed by atoms with Gasteiger partial charge in [-0.15, -0.1) is 0 Å². The van der Waals surface area contributed by atoms with Gasteiger partial charge in [-0.2, -0.15) is 0 Å². The van der Waals surface area contributed by atoms with Crippen molar-refractivity contribution in [2.45, 2.75) is 6.54 Å². The molecule has 16 heavy (non-hydrogen) atoms. The van der Waals surface area contributed by atoms with Crippen LogP contribution < -0.4 is 5.32 Å².